The van der Waals surface area contributed by atoms with Crippen LogP contribution in [0.25, 0.3) is 6.08 Å². The number of hydrogen-bond donors (Lipinski definition) is 1. The first-order valence-electron chi connectivity index (χ1n) is 10.8. The fraction of sp³-hybridized carbons (Fsp3) is 0.0769. The van der Waals surface area contributed by atoms with E-state index in [0.717, 1.165) is 32.3 Å². The molecule has 5 rings (SSSR count). The molecule has 0 saturated carbocycles. The van der Waals surface area contributed by atoms with Crippen molar-refractivity contribution in [2.75, 3.05) is 12.4 Å². The molecule has 1 aromatic heterocycles. The third-order valence-electron chi connectivity index (χ3n) is 5.52. The van der Waals surface area contributed by atoms with Crippen molar-refractivity contribution < 1.29 is 14.5 Å². The second-order valence-corrected chi connectivity index (χ2v) is 8.92. The fourth-order valence-electron chi connectivity index (χ4n) is 3.80. The molecule has 1 aliphatic heterocycles. The summed E-state index contributed by atoms with van der Waals surface area (Å²) in [6.07, 6.45) is 4.83. The van der Waals surface area contributed by atoms with E-state index >= 15 is 0 Å². The molecule has 0 saturated heterocycles. The van der Waals surface area contributed by atoms with E-state index in [0.29, 0.717) is 17.9 Å². The van der Waals surface area contributed by atoms with Gasteiger partial charge in [-0.05, 0) is 59.0 Å². The van der Waals surface area contributed by atoms with Crippen LogP contribution in [-0.4, -0.2) is 27.6 Å². The number of para-hydroxylation sites is 1. The van der Waals surface area contributed by atoms with Crippen LogP contribution in [0.2, 0.25) is 0 Å². The number of benzene rings is 3. The highest BCUT2D eigenvalue weighted by molar-refractivity contribution is 7.99. The first-order chi connectivity index (χ1) is 17.0. The first kappa shape index (κ1) is 22.4. The Morgan fingerprint density at radius 1 is 1.11 bits per heavy atom. The van der Waals surface area contributed by atoms with Crippen LogP contribution in [-0.2, 0) is 6.54 Å². The molecular weight excluding hydrogens is 464 g/mol. The highest BCUT2D eigenvalue weighted by atomic mass is 32.2. The number of methoxy groups -OCH3 is 1. The Balaban J connectivity index is 1.33. The van der Waals surface area contributed by atoms with Gasteiger partial charge in [0.15, 0.2) is 5.78 Å². The normalized spacial score (nSPS) is 12.0. The van der Waals surface area contributed by atoms with Crippen molar-refractivity contribution in [2.45, 2.75) is 16.3 Å². The molecule has 0 aliphatic carbocycles. The van der Waals surface area contributed by atoms with Gasteiger partial charge in [0.05, 0.1) is 42.4 Å². The maximum Gasteiger partial charge on any atom is 0.389 e. The van der Waals surface area contributed by atoms with Gasteiger partial charge >= 0.3 is 5.82 Å². The molecule has 0 bridgehead atoms. The third kappa shape index (κ3) is 4.80. The molecule has 1 N–H and O–H groups in total. The van der Waals surface area contributed by atoms with Crippen molar-refractivity contribution in [1.29, 1.82) is 0 Å². The van der Waals surface area contributed by atoms with Gasteiger partial charge in [0.25, 0.3) is 0 Å². The molecule has 1 aliphatic rings. The highest BCUT2D eigenvalue weighted by Gasteiger charge is 2.17. The van der Waals surface area contributed by atoms with Crippen molar-refractivity contribution in [3.63, 3.8) is 0 Å². The number of nitro groups is 1. The summed E-state index contributed by atoms with van der Waals surface area (Å²) in [5.74, 6) is 0.302. The SMILES string of the molecule is COc1ccc(/C=C/C(=O)c2ccc3c(c2)Nc2ccccc2S3)cc1Cn1ccc([N+](=O)[O-])n1. The van der Waals surface area contributed by atoms with Crippen LogP contribution in [0.5, 0.6) is 5.75 Å². The second-order valence-electron chi connectivity index (χ2n) is 7.83. The summed E-state index contributed by atoms with van der Waals surface area (Å²) in [4.78, 5) is 25.5. The summed E-state index contributed by atoms with van der Waals surface area (Å²) in [5.41, 5.74) is 4.11. The van der Waals surface area contributed by atoms with Gasteiger partial charge in [-0.25, -0.2) is 0 Å². The van der Waals surface area contributed by atoms with E-state index in [4.69, 9.17) is 4.74 Å². The summed E-state index contributed by atoms with van der Waals surface area (Å²) in [7, 11) is 1.56. The zero-order chi connectivity index (χ0) is 24.4. The summed E-state index contributed by atoms with van der Waals surface area (Å²) >= 11 is 1.67. The molecule has 0 fully saturated rings. The minimum atomic E-state index is -0.536. The van der Waals surface area contributed by atoms with Gasteiger partial charge in [0.2, 0.25) is 0 Å². The molecule has 0 radical (unpaired) electrons. The number of allylic oxidation sites excluding steroid dienone is 1. The lowest BCUT2D eigenvalue weighted by Crippen LogP contribution is -2.04. The molecular formula is C26H20N4O4S. The lowest BCUT2D eigenvalue weighted by atomic mass is 10.1. The average molecular weight is 485 g/mol. The molecule has 35 heavy (non-hydrogen) atoms. The van der Waals surface area contributed by atoms with Gasteiger partial charge in [-0.2, -0.15) is 4.68 Å². The quantitative estimate of drug-likeness (QED) is 0.132. The molecule has 0 unspecified atom stereocenters. The van der Waals surface area contributed by atoms with E-state index in [2.05, 4.69) is 16.5 Å². The summed E-state index contributed by atoms with van der Waals surface area (Å²) < 4.78 is 6.90. The van der Waals surface area contributed by atoms with E-state index in [-0.39, 0.29) is 11.6 Å². The predicted octanol–water partition coefficient (Wildman–Crippen LogP) is 5.95. The van der Waals surface area contributed by atoms with Crippen LogP contribution < -0.4 is 10.1 Å². The number of ether oxygens (including phenoxy) is 1. The molecule has 174 valence electrons. The number of carbonyl (C=O) groups excluding carboxylic acids is 1. The van der Waals surface area contributed by atoms with Crippen molar-refractivity contribution in [2.24, 2.45) is 0 Å². The van der Waals surface area contributed by atoms with Crippen LogP contribution in [0, 0.1) is 10.1 Å². The Kier molecular flexibility index (Phi) is 6.07. The van der Waals surface area contributed by atoms with E-state index in [1.54, 1.807) is 37.2 Å². The fourth-order valence-corrected chi connectivity index (χ4v) is 4.77. The number of anilines is 2. The van der Waals surface area contributed by atoms with Crippen molar-refractivity contribution in [3.8, 4) is 5.75 Å². The number of aromatic nitrogens is 2. The summed E-state index contributed by atoms with van der Waals surface area (Å²) in [6.45, 7) is 0.294. The zero-order valence-electron chi connectivity index (χ0n) is 18.7. The molecule has 3 aromatic carbocycles. The summed E-state index contributed by atoms with van der Waals surface area (Å²) in [5, 5.41) is 18.3. The Bertz CT molecular complexity index is 1480. The Labute approximate surface area is 205 Å². The molecule has 0 spiro atoms. The van der Waals surface area contributed by atoms with Gasteiger partial charge in [0, 0.05) is 20.9 Å². The van der Waals surface area contributed by atoms with E-state index in [1.807, 2.05) is 48.5 Å². The lowest BCUT2D eigenvalue weighted by Gasteiger charge is -2.20. The first-order valence-corrected chi connectivity index (χ1v) is 11.6. The number of nitrogens with zero attached hydrogens (tertiary/aromatic N) is 3. The van der Waals surface area contributed by atoms with Crippen molar-refractivity contribution in [3.05, 3.63) is 106 Å². The number of fused-ring (bicyclic) bond motifs is 2. The molecule has 0 amide bonds. The molecule has 4 aromatic rings. The lowest BCUT2D eigenvalue weighted by molar-refractivity contribution is -0.389. The molecule has 0 atom stereocenters. The molecule has 2 heterocycles. The monoisotopic (exact) mass is 484 g/mol. The van der Waals surface area contributed by atoms with E-state index < -0.39 is 4.92 Å². The second kappa shape index (κ2) is 9.47. The highest BCUT2D eigenvalue weighted by Crippen LogP contribution is 2.44. The van der Waals surface area contributed by atoms with Gasteiger partial charge in [-0.1, -0.05) is 36.0 Å². The number of carbonyl (C=O) groups is 1. The number of ketones is 1. The summed E-state index contributed by atoms with van der Waals surface area (Å²) in [6, 6.07) is 20.6. The topological polar surface area (TPSA) is 99.3 Å². The van der Waals surface area contributed by atoms with Crippen LogP contribution >= 0.6 is 11.8 Å². The van der Waals surface area contributed by atoms with Gasteiger partial charge in [0.1, 0.15) is 5.75 Å². The average Bonchev–Trinajstić information content (AvgIpc) is 3.34. The van der Waals surface area contributed by atoms with Crippen LogP contribution in [0.15, 0.2) is 88.8 Å². The predicted molar refractivity (Wildman–Crippen MR) is 135 cm³/mol. The molecule has 8 nitrogen and oxygen atoms in total. The minimum Gasteiger partial charge on any atom is -0.496 e. The van der Waals surface area contributed by atoms with Crippen LogP contribution in [0.4, 0.5) is 17.2 Å². The number of hydrogen-bond acceptors (Lipinski definition) is 7. The van der Waals surface area contributed by atoms with E-state index in [9.17, 15) is 14.9 Å². The van der Waals surface area contributed by atoms with Crippen LogP contribution in [0.1, 0.15) is 21.5 Å². The van der Waals surface area contributed by atoms with Gasteiger partial charge in [-0.15, -0.1) is 0 Å². The standard InChI is InChI=1S/C26H20N4O4S/c1-34-23-10-7-17(14-19(23)16-29-13-12-26(28-29)30(32)33)6-9-22(31)18-8-11-25-21(15-18)27-20-4-2-3-5-24(20)35-25/h2-15,27H,16H2,1H3/b9-6+. The smallest absolute Gasteiger partial charge is 0.389 e. The number of nitrogens with one attached hydrogen (secondary N) is 1. The maximum atomic E-state index is 12.9. The van der Waals surface area contributed by atoms with Gasteiger partial charge in [-0.3, -0.25) is 4.79 Å². The van der Waals surface area contributed by atoms with Crippen molar-refractivity contribution in [1.82, 2.24) is 9.78 Å². The van der Waals surface area contributed by atoms with E-state index in [1.165, 1.54) is 16.8 Å². The largest absolute Gasteiger partial charge is 0.496 e. The Morgan fingerprint density at radius 2 is 1.94 bits per heavy atom. The molecule has 9 heteroatoms. The Hall–Kier alpha value is -4.37. The van der Waals surface area contributed by atoms with Crippen LogP contribution in [0.3, 0.4) is 0 Å². The van der Waals surface area contributed by atoms with Crippen molar-refractivity contribution >= 4 is 40.8 Å². The minimum absolute atomic E-state index is 0.112. The van der Waals surface area contributed by atoms with Gasteiger partial charge < -0.3 is 20.2 Å². The zero-order valence-corrected chi connectivity index (χ0v) is 19.5. The number of rotatable bonds is 7. The Morgan fingerprint density at radius 3 is 2.74 bits per heavy atom. The maximum absolute atomic E-state index is 12.9. The third-order valence-corrected chi connectivity index (χ3v) is 6.67.